The monoisotopic (exact) mass is 675 g/mol. The second-order valence-electron chi connectivity index (χ2n) is 11.3. The molecule has 0 saturated heterocycles. The van der Waals surface area contributed by atoms with Crippen LogP contribution < -0.4 is 49.5 Å². The quantitative estimate of drug-likeness (QED) is 0.0426. The van der Waals surface area contributed by atoms with E-state index in [4.69, 9.17) is 22.9 Å². The molecule has 20 nitrogen and oxygen atoms in total. The van der Waals surface area contributed by atoms with Gasteiger partial charge in [0.25, 0.3) is 0 Å². The first-order chi connectivity index (χ1) is 21.9. The summed E-state index contributed by atoms with van der Waals surface area (Å²) >= 11 is 0. The van der Waals surface area contributed by atoms with Gasteiger partial charge in [-0.15, -0.1) is 0 Å². The molecule has 268 valence electrons. The van der Waals surface area contributed by atoms with Crippen molar-refractivity contribution in [3.05, 3.63) is 0 Å². The molecule has 0 rings (SSSR count). The summed E-state index contributed by atoms with van der Waals surface area (Å²) in [5.74, 6) is -9.10. The van der Waals surface area contributed by atoms with Crippen LogP contribution in [0.4, 0.5) is 0 Å². The van der Waals surface area contributed by atoms with Gasteiger partial charge < -0.3 is 64.8 Å². The third kappa shape index (κ3) is 17.2. The maximum absolute atomic E-state index is 13.3. The highest BCUT2D eigenvalue weighted by molar-refractivity contribution is 5.98. The predicted octanol–water partition coefficient (Wildman–Crippen LogP) is -5.17. The number of aliphatic hydroxyl groups is 1. The fourth-order valence-corrected chi connectivity index (χ4v) is 3.93. The van der Waals surface area contributed by atoms with Crippen LogP contribution >= 0.6 is 0 Å². The van der Waals surface area contributed by atoms with Crippen molar-refractivity contribution in [2.24, 2.45) is 22.9 Å². The molecule has 0 aromatic heterocycles. The van der Waals surface area contributed by atoms with Crippen molar-refractivity contribution in [1.29, 1.82) is 0 Å². The van der Waals surface area contributed by atoms with E-state index in [0.717, 1.165) is 0 Å². The van der Waals surface area contributed by atoms with Crippen LogP contribution in [0.1, 0.15) is 65.2 Å². The minimum atomic E-state index is -1.79. The van der Waals surface area contributed by atoms with Crippen LogP contribution in [0.25, 0.3) is 0 Å². The first-order valence-electron chi connectivity index (χ1n) is 14.9. The molecule has 20 heteroatoms. The van der Waals surface area contributed by atoms with Gasteiger partial charge in [0.05, 0.1) is 25.0 Å². The highest BCUT2D eigenvalue weighted by atomic mass is 16.4. The van der Waals surface area contributed by atoms with Crippen LogP contribution in [0.2, 0.25) is 0 Å². The zero-order chi connectivity index (χ0) is 36.3. The normalized spacial score (nSPS) is 14.3. The van der Waals surface area contributed by atoms with Crippen LogP contribution in [-0.2, 0) is 38.4 Å². The van der Waals surface area contributed by atoms with Crippen LogP contribution in [0.15, 0.2) is 0 Å². The molecule has 16 N–H and O–H groups in total. The van der Waals surface area contributed by atoms with Crippen LogP contribution in [0.5, 0.6) is 0 Å². The van der Waals surface area contributed by atoms with Crippen LogP contribution in [0.3, 0.4) is 0 Å². The second kappa shape index (κ2) is 21.4. The van der Waals surface area contributed by atoms with E-state index in [0.29, 0.717) is 25.8 Å². The highest BCUT2D eigenvalue weighted by Crippen LogP contribution is 2.08. The van der Waals surface area contributed by atoms with Crippen molar-refractivity contribution < 1.29 is 53.7 Å². The number of aliphatic hydroxyl groups excluding tert-OH is 1. The molecule has 0 aromatic carbocycles. The molecule has 0 bridgehead atoms. The van der Waals surface area contributed by atoms with Gasteiger partial charge in [0.2, 0.25) is 35.4 Å². The molecule has 0 aliphatic carbocycles. The number of hydrogen-bond acceptors (Lipinski definition) is 12. The fraction of sp³-hybridized carbons (Fsp3) is 0.704. The number of primary amides is 1. The minimum absolute atomic E-state index is 0.0797. The maximum atomic E-state index is 13.3. The summed E-state index contributed by atoms with van der Waals surface area (Å²) in [5.41, 5.74) is 20.6. The fourth-order valence-electron chi connectivity index (χ4n) is 3.93. The Bertz CT molecular complexity index is 1110. The van der Waals surface area contributed by atoms with Gasteiger partial charge in [-0.1, -0.05) is 0 Å². The van der Waals surface area contributed by atoms with Crippen LogP contribution in [-0.4, -0.2) is 118 Å². The van der Waals surface area contributed by atoms with Gasteiger partial charge in [-0.25, -0.2) is 0 Å². The van der Waals surface area contributed by atoms with Crippen molar-refractivity contribution in [3.63, 3.8) is 0 Å². The summed E-state index contributed by atoms with van der Waals surface area (Å²) < 4.78 is 0. The molecule has 47 heavy (non-hydrogen) atoms. The first-order valence-corrected chi connectivity index (χ1v) is 14.9. The number of carboxylic acids is 2. The summed E-state index contributed by atoms with van der Waals surface area (Å²) in [6.45, 7) is 2.40. The topological polar surface area (TPSA) is 361 Å². The lowest BCUT2D eigenvalue weighted by Crippen LogP contribution is -2.60. The van der Waals surface area contributed by atoms with E-state index < -0.39 is 103 Å². The molecule has 5 atom stereocenters. The zero-order valence-electron chi connectivity index (χ0n) is 26.6. The molecule has 6 amide bonds. The number of rotatable bonds is 24. The highest BCUT2D eigenvalue weighted by Gasteiger charge is 2.34. The Hall–Kier alpha value is -4.40. The van der Waals surface area contributed by atoms with Crippen molar-refractivity contribution in [2.75, 3.05) is 19.7 Å². The van der Waals surface area contributed by atoms with Gasteiger partial charge in [-0.3, -0.25) is 38.4 Å². The number of unbranched alkanes of at least 4 members (excludes halogenated alkanes) is 2. The first kappa shape index (κ1) is 42.6. The molecule has 0 aromatic rings. The van der Waals surface area contributed by atoms with Gasteiger partial charge in [0, 0.05) is 0 Å². The number of amides is 6. The molecule has 0 fully saturated rings. The number of carbonyl (C=O) groups is 8. The van der Waals surface area contributed by atoms with Crippen molar-refractivity contribution in [2.45, 2.75) is 101 Å². The van der Waals surface area contributed by atoms with Crippen molar-refractivity contribution in [3.8, 4) is 0 Å². The average Bonchev–Trinajstić information content (AvgIpc) is 2.96. The van der Waals surface area contributed by atoms with Crippen molar-refractivity contribution in [1.82, 2.24) is 26.6 Å². The molecule has 0 saturated carbocycles. The average molecular weight is 676 g/mol. The van der Waals surface area contributed by atoms with Gasteiger partial charge in [-0.05, 0) is 65.5 Å². The summed E-state index contributed by atoms with van der Waals surface area (Å²) in [6, 6.07) is -7.82. The number of nitrogens with one attached hydrogen (secondary N) is 5. The summed E-state index contributed by atoms with van der Waals surface area (Å²) in [5, 5.41) is 39.2. The Morgan fingerprint density at radius 3 is 1.26 bits per heavy atom. The Morgan fingerprint density at radius 2 is 0.936 bits per heavy atom. The Kier molecular flexibility index (Phi) is 19.4. The molecular weight excluding hydrogens is 626 g/mol. The van der Waals surface area contributed by atoms with E-state index in [-0.39, 0.29) is 25.8 Å². The number of nitrogens with two attached hydrogens (primary N) is 4. The molecular formula is C27H49N9O11. The Labute approximate surface area is 271 Å². The summed E-state index contributed by atoms with van der Waals surface area (Å²) in [6.07, 6.45) is -0.403. The zero-order valence-corrected chi connectivity index (χ0v) is 26.6. The summed E-state index contributed by atoms with van der Waals surface area (Å²) in [4.78, 5) is 99.4. The number of hydrogen-bond donors (Lipinski definition) is 12. The van der Waals surface area contributed by atoms with Gasteiger partial charge in [0.1, 0.15) is 30.2 Å². The third-order valence-electron chi connectivity index (χ3n) is 6.60. The standard InChI is InChI=1S/C27H49N9O11/c1-27(2,31)26(47)36-15(8-4-6-10-29)23(44)34-16(11-19(38)39)24(45)32-14(7-3-5-9-28)22(43)33-17(12-20(40)41)25(46)35-18(13-37)21(30)42/h14-18,37H,3-13,28-29,31H2,1-2H3,(H2,30,42)(H,32,45)(H,33,43)(H,34,44)(H,35,46)(H,36,47)(H,38,39)(H,40,41). The number of carboxylic acid groups (broad SMARTS) is 2. The molecule has 0 aliphatic heterocycles. The molecule has 0 heterocycles. The largest absolute Gasteiger partial charge is 0.481 e. The van der Waals surface area contributed by atoms with Gasteiger partial charge >= 0.3 is 11.9 Å². The number of aliphatic carboxylic acids is 2. The van der Waals surface area contributed by atoms with E-state index in [1.165, 1.54) is 13.8 Å². The van der Waals surface area contributed by atoms with Gasteiger partial charge in [0.15, 0.2) is 0 Å². The minimum Gasteiger partial charge on any atom is -0.481 e. The van der Waals surface area contributed by atoms with Crippen LogP contribution in [0, 0.1) is 0 Å². The van der Waals surface area contributed by atoms with Gasteiger partial charge in [-0.2, -0.15) is 0 Å². The van der Waals surface area contributed by atoms with Crippen molar-refractivity contribution >= 4 is 47.4 Å². The Balaban J connectivity index is 6.14. The predicted molar refractivity (Wildman–Crippen MR) is 165 cm³/mol. The third-order valence-corrected chi connectivity index (χ3v) is 6.60. The summed E-state index contributed by atoms with van der Waals surface area (Å²) in [7, 11) is 0. The van der Waals surface area contributed by atoms with E-state index in [1.54, 1.807) is 0 Å². The van der Waals surface area contributed by atoms with E-state index in [1.807, 2.05) is 5.32 Å². The SMILES string of the molecule is CC(C)(N)C(=O)NC(CCCCN)C(=O)NC(CC(=O)O)C(=O)NC(CCCCN)C(=O)NC(CC(=O)O)C(=O)NC(CO)C(N)=O. The van der Waals surface area contributed by atoms with E-state index in [9.17, 15) is 53.7 Å². The molecule has 0 spiro atoms. The molecule has 5 unspecified atom stereocenters. The lowest BCUT2D eigenvalue weighted by Gasteiger charge is -2.27. The lowest BCUT2D eigenvalue weighted by molar-refractivity contribution is -0.142. The second-order valence-corrected chi connectivity index (χ2v) is 11.3. The molecule has 0 radical (unpaired) electrons. The van der Waals surface area contributed by atoms with E-state index in [2.05, 4.69) is 21.3 Å². The lowest BCUT2D eigenvalue weighted by atomic mass is 10.0. The number of carbonyl (C=O) groups excluding carboxylic acids is 6. The van der Waals surface area contributed by atoms with E-state index >= 15 is 0 Å². The molecule has 0 aliphatic rings. The Morgan fingerprint density at radius 1 is 0.596 bits per heavy atom. The smallest absolute Gasteiger partial charge is 0.305 e. The maximum Gasteiger partial charge on any atom is 0.305 e.